The topological polar surface area (TPSA) is 18.5 Å². The molecule has 0 radical (unpaired) electrons. The Labute approximate surface area is 87.0 Å². The van der Waals surface area contributed by atoms with Crippen LogP contribution in [0.5, 0.6) is 0 Å². The Morgan fingerprint density at radius 1 is 0.714 bits per heavy atom. The van der Waals surface area contributed by atoms with Gasteiger partial charge in [-0.1, -0.05) is 12.8 Å². The van der Waals surface area contributed by atoms with Crippen LogP contribution in [0.1, 0.15) is 38.5 Å². The van der Waals surface area contributed by atoms with Crippen molar-refractivity contribution in [3.05, 3.63) is 0 Å². The number of ether oxygens (including phenoxy) is 2. The van der Waals surface area contributed by atoms with Crippen molar-refractivity contribution in [1.29, 1.82) is 0 Å². The Morgan fingerprint density at radius 2 is 1.14 bits per heavy atom. The molecule has 0 aromatic carbocycles. The molecule has 0 heterocycles. The van der Waals surface area contributed by atoms with E-state index < -0.39 is 0 Å². The lowest BCUT2D eigenvalue weighted by molar-refractivity contribution is -0.0905. The van der Waals surface area contributed by atoms with E-state index in [0.29, 0.717) is 12.2 Å². The summed E-state index contributed by atoms with van der Waals surface area (Å²) in [5.41, 5.74) is 0. The molecule has 0 aliphatic heterocycles. The Bertz CT molecular complexity index is 161. The van der Waals surface area contributed by atoms with Crippen molar-refractivity contribution in [3.8, 4) is 0 Å². The van der Waals surface area contributed by atoms with Gasteiger partial charge in [0.15, 0.2) is 0 Å². The lowest BCUT2D eigenvalue weighted by Gasteiger charge is -2.44. The Hall–Kier alpha value is -0.0800. The molecule has 0 bridgehead atoms. The molecular formula is C12H22O2. The van der Waals surface area contributed by atoms with E-state index in [4.69, 9.17) is 9.47 Å². The fourth-order valence-corrected chi connectivity index (χ4v) is 3.45. The van der Waals surface area contributed by atoms with E-state index in [0.717, 1.165) is 11.8 Å². The van der Waals surface area contributed by atoms with Gasteiger partial charge in [0, 0.05) is 14.2 Å². The minimum atomic E-state index is 0.506. The quantitative estimate of drug-likeness (QED) is 0.679. The van der Waals surface area contributed by atoms with Crippen LogP contribution in [0.15, 0.2) is 0 Å². The van der Waals surface area contributed by atoms with E-state index in [1.807, 2.05) is 14.2 Å². The molecule has 2 rings (SSSR count). The fraction of sp³-hybridized carbons (Fsp3) is 1.00. The van der Waals surface area contributed by atoms with E-state index in [1.165, 1.54) is 38.5 Å². The minimum absolute atomic E-state index is 0.506. The molecule has 2 aliphatic rings. The van der Waals surface area contributed by atoms with Gasteiger partial charge in [-0.3, -0.25) is 0 Å². The molecular weight excluding hydrogens is 176 g/mol. The average molecular weight is 198 g/mol. The van der Waals surface area contributed by atoms with Crippen molar-refractivity contribution >= 4 is 0 Å². The summed E-state index contributed by atoms with van der Waals surface area (Å²) in [4.78, 5) is 0. The lowest BCUT2D eigenvalue weighted by Crippen LogP contribution is -2.44. The number of hydrogen-bond donors (Lipinski definition) is 0. The van der Waals surface area contributed by atoms with Crippen LogP contribution in [0.4, 0.5) is 0 Å². The van der Waals surface area contributed by atoms with Crippen LogP contribution in [0.25, 0.3) is 0 Å². The highest BCUT2D eigenvalue weighted by Crippen LogP contribution is 2.42. The molecule has 82 valence electrons. The predicted octanol–water partition coefficient (Wildman–Crippen LogP) is 2.62. The third-order valence-corrected chi connectivity index (χ3v) is 4.17. The number of fused-ring (bicyclic) bond motifs is 1. The number of rotatable bonds is 2. The van der Waals surface area contributed by atoms with Crippen LogP contribution in [0.2, 0.25) is 0 Å². The zero-order chi connectivity index (χ0) is 9.97. The monoisotopic (exact) mass is 198 g/mol. The lowest BCUT2D eigenvalue weighted by atomic mass is 9.68. The minimum Gasteiger partial charge on any atom is -0.381 e. The van der Waals surface area contributed by atoms with Gasteiger partial charge in [-0.15, -0.1) is 0 Å². The molecule has 0 aromatic heterocycles. The maximum absolute atomic E-state index is 5.60. The number of hydrogen-bond acceptors (Lipinski definition) is 2. The molecule has 2 aliphatic carbocycles. The highest BCUT2D eigenvalue weighted by atomic mass is 16.5. The molecule has 4 atom stereocenters. The van der Waals surface area contributed by atoms with Crippen molar-refractivity contribution < 1.29 is 9.47 Å². The van der Waals surface area contributed by atoms with Gasteiger partial charge in [0.05, 0.1) is 12.2 Å². The van der Waals surface area contributed by atoms with E-state index in [2.05, 4.69) is 0 Å². The van der Waals surface area contributed by atoms with Crippen LogP contribution >= 0.6 is 0 Å². The first-order valence-electron chi connectivity index (χ1n) is 5.92. The fourth-order valence-electron chi connectivity index (χ4n) is 3.45. The van der Waals surface area contributed by atoms with Gasteiger partial charge in [0.2, 0.25) is 0 Å². The zero-order valence-corrected chi connectivity index (χ0v) is 9.37. The van der Waals surface area contributed by atoms with Crippen LogP contribution < -0.4 is 0 Å². The second-order valence-corrected chi connectivity index (χ2v) is 4.74. The van der Waals surface area contributed by atoms with E-state index in [1.54, 1.807) is 0 Å². The molecule has 2 nitrogen and oxygen atoms in total. The Kier molecular flexibility index (Phi) is 3.45. The normalized spacial score (nSPS) is 43.3. The van der Waals surface area contributed by atoms with E-state index >= 15 is 0 Å². The first-order valence-corrected chi connectivity index (χ1v) is 5.92. The van der Waals surface area contributed by atoms with Gasteiger partial charge in [-0.05, 0) is 37.5 Å². The molecule has 2 fully saturated rings. The summed E-state index contributed by atoms with van der Waals surface area (Å²) < 4.78 is 11.2. The van der Waals surface area contributed by atoms with E-state index in [9.17, 15) is 0 Å². The third-order valence-electron chi connectivity index (χ3n) is 4.17. The summed E-state index contributed by atoms with van der Waals surface area (Å²) in [5.74, 6) is 1.54. The predicted molar refractivity (Wildman–Crippen MR) is 56.3 cm³/mol. The molecule has 0 N–H and O–H groups in total. The highest BCUT2D eigenvalue weighted by Gasteiger charge is 2.40. The SMILES string of the molecule is COC1CCC(OC)C2CCCCC12. The summed E-state index contributed by atoms with van der Waals surface area (Å²) in [6, 6.07) is 0. The maximum atomic E-state index is 5.60. The third kappa shape index (κ3) is 1.82. The summed E-state index contributed by atoms with van der Waals surface area (Å²) in [5, 5.41) is 0. The summed E-state index contributed by atoms with van der Waals surface area (Å²) >= 11 is 0. The molecule has 0 amide bonds. The Morgan fingerprint density at radius 3 is 1.50 bits per heavy atom. The summed E-state index contributed by atoms with van der Waals surface area (Å²) in [6.07, 6.45) is 8.87. The maximum Gasteiger partial charge on any atom is 0.0604 e. The largest absolute Gasteiger partial charge is 0.381 e. The average Bonchev–Trinajstić information content (AvgIpc) is 2.27. The van der Waals surface area contributed by atoms with Crippen LogP contribution in [0, 0.1) is 11.8 Å². The van der Waals surface area contributed by atoms with Crippen molar-refractivity contribution in [1.82, 2.24) is 0 Å². The number of methoxy groups -OCH3 is 2. The smallest absolute Gasteiger partial charge is 0.0604 e. The van der Waals surface area contributed by atoms with Crippen molar-refractivity contribution in [2.24, 2.45) is 11.8 Å². The second-order valence-electron chi connectivity index (χ2n) is 4.74. The highest BCUT2D eigenvalue weighted by molar-refractivity contribution is 4.91. The van der Waals surface area contributed by atoms with Gasteiger partial charge < -0.3 is 9.47 Å². The van der Waals surface area contributed by atoms with Gasteiger partial charge in [-0.2, -0.15) is 0 Å². The van der Waals surface area contributed by atoms with Crippen molar-refractivity contribution in [2.75, 3.05) is 14.2 Å². The Balaban J connectivity index is 2.05. The van der Waals surface area contributed by atoms with Crippen LogP contribution in [0.3, 0.4) is 0 Å². The second kappa shape index (κ2) is 4.63. The van der Waals surface area contributed by atoms with Gasteiger partial charge >= 0.3 is 0 Å². The first kappa shape index (κ1) is 10.4. The van der Waals surface area contributed by atoms with E-state index in [-0.39, 0.29) is 0 Å². The molecule has 2 heteroatoms. The molecule has 0 aromatic rings. The molecule has 0 saturated heterocycles. The molecule has 0 spiro atoms. The van der Waals surface area contributed by atoms with Crippen molar-refractivity contribution in [3.63, 3.8) is 0 Å². The first-order chi connectivity index (χ1) is 6.86. The molecule has 14 heavy (non-hydrogen) atoms. The molecule has 4 unspecified atom stereocenters. The van der Waals surface area contributed by atoms with Gasteiger partial charge in [0.1, 0.15) is 0 Å². The van der Waals surface area contributed by atoms with Gasteiger partial charge in [-0.25, -0.2) is 0 Å². The summed E-state index contributed by atoms with van der Waals surface area (Å²) in [7, 11) is 3.73. The summed E-state index contributed by atoms with van der Waals surface area (Å²) in [6.45, 7) is 0. The standard InChI is InChI=1S/C12H22O2/c1-13-11-7-8-12(14-2)10-6-4-3-5-9(10)11/h9-12H,3-8H2,1-2H3. The van der Waals surface area contributed by atoms with Crippen LogP contribution in [-0.2, 0) is 9.47 Å². The van der Waals surface area contributed by atoms with Gasteiger partial charge in [0.25, 0.3) is 0 Å². The van der Waals surface area contributed by atoms with Crippen molar-refractivity contribution in [2.45, 2.75) is 50.7 Å². The van der Waals surface area contributed by atoms with Crippen LogP contribution in [-0.4, -0.2) is 26.4 Å². The zero-order valence-electron chi connectivity index (χ0n) is 9.37. The molecule has 2 saturated carbocycles.